The molecule has 2 aromatic rings. The number of anilines is 1. The van der Waals surface area contributed by atoms with Gasteiger partial charge in [0, 0.05) is 0 Å². The molecule has 0 atom stereocenters. The summed E-state index contributed by atoms with van der Waals surface area (Å²) in [7, 11) is 1.63. The van der Waals surface area contributed by atoms with Gasteiger partial charge in [-0.3, -0.25) is 9.69 Å². The normalized spacial score (nSPS) is 16.3. The molecule has 0 saturated carbocycles. The van der Waals surface area contributed by atoms with Gasteiger partial charge in [-0.15, -0.1) is 0 Å². The Balaban J connectivity index is 1.88. The number of methoxy groups -OCH3 is 1. The maximum Gasteiger partial charge on any atom is 0.270 e. The van der Waals surface area contributed by atoms with E-state index in [0.717, 1.165) is 22.6 Å². The molecule has 116 valence electrons. The predicted molar refractivity (Wildman–Crippen MR) is 99.8 cm³/mol. The second kappa shape index (κ2) is 6.56. The number of nitrogens with zero attached hydrogens (tertiary/aromatic N) is 1. The lowest BCUT2D eigenvalue weighted by Gasteiger charge is -2.14. The van der Waals surface area contributed by atoms with E-state index in [0.29, 0.717) is 9.23 Å². The number of aryl methyl sites for hydroxylation is 1. The Morgan fingerprint density at radius 1 is 1.09 bits per heavy atom. The smallest absolute Gasteiger partial charge is 0.270 e. The van der Waals surface area contributed by atoms with Gasteiger partial charge in [0.25, 0.3) is 5.91 Å². The first-order valence-corrected chi connectivity index (χ1v) is 8.29. The number of carbonyl (C=O) groups excluding carboxylic acids is 1. The van der Waals surface area contributed by atoms with E-state index >= 15 is 0 Å². The highest BCUT2D eigenvalue weighted by atomic mass is 32.2. The van der Waals surface area contributed by atoms with Crippen molar-refractivity contribution in [3.05, 3.63) is 64.6 Å². The van der Waals surface area contributed by atoms with E-state index < -0.39 is 0 Å². The lowest BCUT2D eigenvalue weighted by atomic mass is 10.2. The van der Waals surface area contributed by atoms with Gasteiger partial charge in [0.1, 0.15) is 5.75 Å². The Morgan fingerprint density at radius 2 is 1.74 bits per heavy atom. The van der Waals surface area contributed by atoms with Gasteiger partial charge < -0.3 is 4.74 Å². The fourth-order valence-electron chi connectivity index (χ4n) is 2.24. The highest BCUT2D eigenvalue weighted by molar-refractivity contribution is 8.27. The standard InChI is InChI=1S/C18H15NO2S2/c1-12-3-7-14(8-4-12)19-17(20)16(23-18(19)22)11-13-5-9-15(21-2)10-6-13/h3-11H,1-2H3/b16-11-. The largest absolute Gasteiger partial charge is 0.497 e. The van der Waals surface area contributed by atoms with Crippen molar-refractivity contribution >= 4 is 46.0 Å². The van der Waals surface area contributed by atoms with Crippen molar-refractivity contribution in [1.82, 2.24) is 0 Å². The fraction of sp³-hybridized carbons (Fsp3) is 0.111. The van der Waals surface area contributed by atoms with Crippen molar-refractivity contribution in [2.24, 2.45) is 0 Å². The maximum absolute atomic E-state index is 12.7. The first-order valence-electron chi connectivity index (χ1n) is 7.07. The number of thiocarbonyl (C=S) groups is 1. The molecule has 3 rings (SSSR count). The Hall–Kier alpha value is -2.11. The molecule has 1 aliphatic rings. The second-order valence-corrected chi connectivity index (χ2v) is 6.80. The molecule has 0 N–H and O–H groups in total. The van der Waals surface area contributed by atoms with Crippen LogP contribution >= 0.6 is 24.0 Å². The van der Waals surface area contributed by atoms with E-state index in [1.807, 2.05) is 61.5 Å². The van der Waals surface area contributed by atoms with E-state index in [1.54, 1.807) is 12.0 Å². The monoisotopic (exact) mass is 341 g/mol. The molecule has 0 aliphatic carbocycles. The molecule has 0 radical (unpaired) electrons. The fourth-order valence-corrected chi connectivity index (χ4v) is 3.53. The van der Waals surface area contributed by atoms with Crippen LogP contribution in [-0.2, 0) is 4.79 Å². The average molecular weight is 341 g/mol. The van der Waals surface area contributed by atoms with Gasteiger partial charge in [0.15, 0.2) is 4.32 Å². The molecule has 0 aromatic heterocycles. The molecule has 1 saturated heterocycles. The molecule has 0 unspecified atom stereocenters. The zero-order valence-corrected chi connectivity index (χ0v) is 14.4. The number of hydrogen-bond acceptors (Lipinski definition) is 4. The van der Waals surface area contributed by atoms with Crippen LogP contribution in [0.1, 0.15) is 11.1 Å². The highest BCUT2D eigenvalue weighted by Gasteiger charge is 2.33. The van der Waals surface area contributed by atoms with Crippen molar-refractivity contribution in [2.75, 3.05) is 12.0 Å². The van der Waals surface area contributed by atoms with E-state index in [-0.39, 0.29) is 5.91 Å². The van der Waals surface area contributed by atoms with Gasteiger partial charge in [-0.05, 0) is 42.8 Å². The molecule has 5 heteroatoms. The van der Waals surface area contributed by atoms with E-state index in [2.05, 4.69) is 0 Å². The summed E-state index contributed by atoms with van der Waals surface area (Å²) in [5.74, 6) is 0.703. The van der Waals surface area contributed by atoms with E-state index in [9.17, 15) is 4.79 Å². The molecule has 1 aliphatic heterocycles. The van der Waals surface area contributed by atoms with Gasteiger partial charge in [-0.1, -0.05) is 53.8 Å². The summed E-state index contributed by atoms with van der Waals surface area (Å²) in [5.41, 5.74) is 2.89. The number of ether oxygens (including phenoxy) is 1. The lowest BCUT2D eigenvalue weighted by molar-refractivity contribution is -0.113. The summed E-state index contributed by atoms with van der Waals surface area (Å²) in [5, 5.41) is 0. The summed E-state index contributed by atoms with van der Waals surface area (Å²) in [6.07, 6.45) is 1.85. The number of carbonyl (C=O) groups is 1. The highest BCUT2D eigenvalue weighted by Crippen LogP contribution is 2.36. The Kier molecular flexibility index (Phi) is 4.50. The molecule has 23 heavy (non-hydrogen) atoms. The van der Waals surface area contributed by atoms with Gasteiger partial charge in [0.05, 0.1) is 17.7 Å². The number of thioether (sulfide) groups is 1. The minimum absolute atomic E-state index is 0.0836. The lowest BCUT2D eigenvalue weighted by Crippen LogP contribution is -2.27. The third-order valence-corrected chi connectivity index (χ3v) is 4.80. The predicted octanol–water partition coefficient (Wildman–Crippen LogP) is 4.41. The molecule has 0 spiro atoms. The van der Waals surface area contributed by atoms with E-state index in [1.165, 1.54) is 11.8 Å². The summed E-state index contributed by atoms with van der Waals surface area (Å²) >= 11 is 6.70. The molecule has 3 nitrogen and oxygen atoms in total. The molecule has 2 aromatic carbocycles. The zero-order valence-electron chi connectivity index (χ0n) is 12.8. The van der Waals surface area contributed by atoms with Gasteiger partial charge in [-0.2, -0.15) is 0 Å². The topological polar surface area (TPSA) is 29.5 Å². The Bertz CT molecular complexity index is 780. The number of hydrogen-bond donors (Lipinski definition) is 0. The molecule has 1 amide bonds. The Morgan fingerprint density at radius 3 is 2.35 bits per heavy atom. The quantitative estimate of drug-likeness (QED) is 0.611. The molecular formula is C18H15NO2S2. The Labute approximate surface area is 144 Å². The first kappa shape index (κ1) is 15.8. The van der Waals surface area contributed by atoms with Crippen LogP contribution in [-0.4, -0.2) is 17.3 Å². The van der Waals surface area contributed by atoms with E-state index in [4.69, 9.17) is 17.0 Å². The summed E-state index contributed by atoms with van der Waals surface area (Å²) in [6.45, 7) is 2.01. The SMILES string of the molecule is COc1ccc(/C=C2\SC(=S)N(c3ccc(C)cc3)C2=O)cc1. The molecule has 1 heterocycles. The summed E-state index contributed by atoms with van der Waals surface area (Å²) < 4.78 is 5.69. The van der Waals surface area contributed by atoms with Crippen LogP contribution < -0.4 is 9.64 Å². The first-order chi connectivity index (χ1) is 11.1. The van der Waals surface area contributed by atoms with Crippen molar-refractivity contribution in [3.63, 3.8) is 0 Å². The number of benzene rings is 2. The average Bonchev–Trinajstić information content (AvgIpc) is 2.83. The maximum atomic E-state index is 12.7. The molecule has 0 bridgehead atoms. The second-order valence-electron chi connectivity index (χ2n) is 5.13. The molecular weight excluding hydrogens is 326 g/mol. The van der Waals surface area contributed by atoms with Crippen LogP contribution in [0.15, 0.2) is 53.4 Å². The minimum Gasteiger partial charge on any atom is -0.497 e. The van der Waals surface area contributed by atoms with Crippen molar-refractivity contribution < 1.29 is 9.53 Å². The van der Waals surface area contributed by atoms with Crippen LogP contribution in [0.3, 0.4) is 0 Å². The van der Waals surface area contributed by atoms with Gasteiger partial charge >= 0.3 is 0 Å². The third kappa shape index (κ3) is 3.30. The van der Waals surface area contributed by atoms with Crippen molar-refractivity contribution in [3.8, 4) is 5.75 Å². The summed E-state index contributed by atoms with van der Waals surface area (Å²) in [6, 6.07) is 15.3. The van der Waals surface area contributed by atoms with Crippen LogP contribution in [0.2, 0.25) is 0 Å². The molecule has 1 fully saturated rings. The number of amides is 1. The van der Waals surface area contributed by atoms with Crippen molar-refractivity contribution in [2.45, 2.75) is 6.92 Å². The van der Waals surface area contributed by atoms with Gasteiger partial charge in [-0.25, -0.2) is 0 Å². The zero-order chi connectivity index (χ0) is 16.4. The van der Waals surface area contributed by atoms with Crippen LogP contribution in [0.25, 0.3) is 6.08 Å². The van der Waals surface area contributed by atoms with Gasteiger partial charge in [0.2, 0.25) is 0 Å². The van der Waals surface area contributed by atoms with Crippen LogP contribution in [0, 0.1) is 6.92 Å². The van der Waals surface area contributed by atoms with Crippen LogP contribution in [0.5, 0.6) is 5.75 Å². The van der Waals surface area contributed by atoms with Crippen LogP contribution in [0.4, 0.5) is 5.69 Å². The minimum atomic E-state index is -0.0836. The number of rotatable bonds is 3. The van der Waals surface area contributed by atoms with Crippen molar-refractivity contribution in [1.29, 1.82) is 0 Å². The summed E-state index contributed by atoms with van der Waals surface area (Å²) in [4.78, 5) is 14.9. The third-order valence-electron chi connectivity index (χ3n) is 3.50.